The number of primary amides is 1. The number of carboxylic acid groups (broad SMARTS) is 1. The maximum atomic E-state index is 14.4. The van der Waals surface area contributed by atoms with E-state index in [1.807, 2.05) is 64.1 Å². The van der Waals surface area contributed by atoms with E-state index in [1.165, 1.54) is 7.05 Å². The van der Waals surface area contributed by atoms with Gasteiger partial charge >= 0.3 is 12.0 Å². The summed E-state index contributed by atoms with van der Waals surface area (Å²) in [5.41, 5.74) is 9.03. The Bertz CT molecular complexity index is 2170. The van der Waals surface area contributed by atoms with Crippen LogP contribution in [0.15, 0.2) is 85.1 Å². The molecule has 0 aliphatic heterocycles. The second-order valence-corrected chi connectivity index (χ2v) is 16.4. The number of nitrogens with two attached hydrogens (primary N) is 1. The minimum Gasteiger partial charge on any atom is -0.481 e. The zero-order valence-corrected chi connectivity index (χ0v) is 35.4. The highest BCUT2D eigenvalue weighted by atomic mass is 16.4. The lowest BCUT2D eigenvalue weighted by atomic mass is 9.91. The highest BCUT2D eigenvalue weighted by Crippen LogP contribution is 2.22. The SMILES string of the molecule is Cc1ccccc1NC(=O)NCCCC[C@H](NC(=O)[C@H](Cc1c[nH]c2ccccc12)NC(=O)CC(C)(C)C)C(=O)N(C)[C@@H](CC(=O)O)C(=O)N[C@@H](Cc1ccccc1)C(N)=O. The second kappa shape index (κ2) is 22.1. The smallest absolute Gasteiger partial charge is 0.319 e. The average molecular weight is 839 g/mol. The van der Waals surface area contributed by atoms with Gasteiger partial charge in [-0.1, -0.05) is 87.5 Å². The van der Waals surface area contributed by atoms with Crippen LogP contribution < -0.4 is 32.3 Å². The van der Waals surface area contributed by atoms with Crippen molar-refractivity contribution in [1.29, 1.82) is 0 Å². The van der Waals surface area contributed by atoms with E-state index < -0.39 is 71.6 Å². The Balaban J connectivity index is 1.57. The third kappa shape index (κ3) is 14.8. The zero-order valence-electron chi connectivity index (χ0n) is 35.4. The molecule has 0 fully saturated rings. The molecule has 0 bridgehead atoms. The first-order chi connectivity index (χ1) is 28.9. The van der Waals surface area contributed by atoms with Crippen molar-refractivity contribution in [2.75, 3.05) is 18.9 Å². The Kier molecular flexibility index (Phi) is 17.0. The molecule has 16 nitrogen and oxygen atoms in total. The van der Waals surface area contributed by atoms with E-state index in [9.17, 15) is 38.7 Å². The van der Waals surface area contributed by atoms with Gasteiger partial charge in [-0.3, -0.25) is 28.8 Å². The van der Waals surface area contributed by atoms with Crippen molar-refractivity contribution < 1.29 is 38.7 Å². The van der Waals surface area contributed by atoms with Gasteiger partial charge in [-0.2, -0.15) is 0 Å². The predicted molar refractivity (Wildman–Crippen MR) is 232 cm³/mol. The van der Waals surface area contributed by atoms with Gasteiger partial charge in [0.2, 0.25) is 29.5 Å². The number of likely N-dealkylation sites (N-methyl/N-ethyl adjacent to an activating group) is 1. The van der Waals surface area contributed by atoms with Crippen LogP contribution in [-0.2, 0) is 41.6 Å². The number of benzene rings is 3. The van der Waals surface area contributed by atoms with Gasteiger partial charge in [-0.05, 0) is 60.4 Å². The molecule has 9 N–H and O–H groups in total. The fourth-order valence-corrected chi connectivity index (χ4v) is 6.85. The average Bonchev–Trinajstić information content (AvgIpc) is 3.61. The van der Waals surface area contributed by atoms with Crippen molar-refractivity contribution in [2.45, 2.75) is 96.8 Å². The lowest BCUT2D eigenvalue weighted by Crippen LogP contribution is -2.59. The molecule has 0 aliphatic carbocycles. The first-order valence-electron chi connectivity index (χ1n) is 20.3. The lowest BCUT2D eigenvalue weighted by Gasteiger charge is -2.32. The van der Waals surface area contributed by atoms with E-state index in [0.29, 0.717) is 24.1 Å². The number of carboxylic acids is 1. The number of nitrogens with zero attached hydrogens (tertiary/aromatic N) is 1. The highest BCUT2D eigenvalue weighted by Gasteiger charge is 2.36. The fourth-order valence-electron chi connectivity index (χ4n) is 6.85. The number of aromatic amines is 1. The van der Waals surface area contributed by atoms with Gasteiger partial charge in [0.25, 0.3) is 0 Å². The molecule has 0 radical (unpaired) electrons. The summed E-state index contributed by atoms with van der Waals surface area (Å²) in [5, 5.41) is 24.4. The Morgan fingerprint density at radius 2 is 1.44 bits per heavy atom. The molecule has 7 amide bonds. The second-order valence-electron chi connectivity index (χ2n) is 16.4. The molecule has 1 aromatic heterocycles. The van der Waals surface area contributed by atoms with Crippen molar-refractivity contribution in [1.82, 2.24) is 31.2 Å². The zero-order chi connectivity index (χ0) is 44.7. The summed E-state index contributed by atoms with van der Waals surface area (Å²) < 4.78 is 0. The summed E-state index contributed by atoms with van der Waals surface area (Å²) in [6.45, 7) is 7.76. The minimum absolute atomic E-state index is 0.0189. The van der Waals surface area contributed by atoms with Gasteiger partial charge in [-0.15, -0.1) is 0 Å². The topological polar surface area (TPSA) is 245 Å². The van der Waals surface area contributed by atoms with Crippen LogP contribution in [0, 0.1) is 12.3 Å². The van der Waals surface area contributed by atoms with Crippen LogP contribution >= 0.6 is 0 Å². The number of para-hydroxylation sites is 2. The molecule has 0 saturated heterocycles. The molecule has 326 valence electrons. The van der Waals surface area contributed by atoms with Gasteiger partial charge < -0.3 is 47.3 Å². The molecule has 4 rings (SSSR count). The van der Waals surface area contributed by atoms with E-state index in [2.05, 4.69) is 31.6 Å². The van der Waals surface area contributed by atoms with E-state index in [1.54, 1.807) is 48.7 Å². The van der Waals surface area contributed by atoms with Crippen molar-refractivity contribution in [3.8, 4) is 0 Å². The summed E-state index contributed by atoms with van der Waals surface area (Å²) in [4.78, 5) is 97.1. The van der Waals surface area contributed by atoms with E-state index in [-0.39, 0.29) is 38.1 Å². The monoisotopic (exact) mass is 838 g/mol. The molecule has 0 unspecified atom stereocenters. The van der Waals surface area contributed by atoms with Crippen LogP contribution in [0.5, 0.6) is 0 Å². The molecule has 4 aromatic rings. The molecular weight excluding hydrogens is 781 g/mol. The van der Waals surface area contributed by atoms with Crippen LogP contribution in [0.25, 0.3) is 10.9 Å². The first kappa shape index (κ1) is 47.0. The third-order valence-electron chi connectivity index (χ3n) is 10.1. The number of H-pyrrole nitrogens is 1. The number of carbonyl (C=O) groups excluding carboxylic acids is 6. The van der Waals surface area contributed by atoms with Crippen LogP contribution in [0.3, 0.4) is 0 Å². The van der Waals surface area contributed by atoms with E-state index in [4.69, 9.17) is 5.73 Å². The van der Waals surface area contributed by atoms with E-state index >= 15 is 0 Å². The quantitative estimate of drug-likeness (QED) is 0.0570. The maximum absolute atomic E-state index is 14.4. The van der Waals surface area contributed by atoms with Crippen LogP contribution in [-0.4, -0.2) is 94.3 Å². The van der Waals surface area contributed by atoms with Crippen molar-refractivity contribution in [3.05, 3.63) is 102 Å². The number of fused-ring (bicyclic) bond motifs is 1. The summed E-state index contributed by atoms with van der Waals surface area (Å²) in [6, 6.07) is 17.9. The predicted octanol–water partition coefficient (Wildman–Crippen LogP) is 3.93. The number of unbranched alkanes of at least 4 members (excludes halogenated alkanes) is 1. The number of urea groups is 1. The molecule has 1 heterocycles. The first-order valence-corrected chi connectivity index (χ1v) is 20.3. The molecule has 16 heteroatoms. The Morgan fingerprint density at radius 1 is 0.787 bits per heavy atom. The van der Waals surface area contributed by atoms with Gasteiger partial charge in [0, 0.05) is 55.6 Å². The fraction of sp³-hybridized carbons (Fsp3) is 0.400. The third-order valence-corrected chi connectivity index (χ3v) is 10.1. The largest absolute Gasteiger partial charge is 0.481 e. The van der Waals surface area contributed by atoms with Crippen LogP contribution in [0.4, 0.5) is 10.5 Å². The van der Waals surface area contributed by atoms with E-state index in [0.717, 1.165) is 26.9 Å². The number of aliphatic carboxylic acids is 1. The number of hydrogen-bond acceptors (Lipinski definition) is 7. The van der Waals surface area contributed by atoms with Crippen LogP contribution in [0.1, 0.15) is 69.6 Å². The standard InChI is InChI=1S/C45H58N8O8/c1-28-15-9-11-19-32(28)52-44(61)47-22-14-13-21-34(43(60)53(5)37(25-39(55)56)42(59)51-35(40(46)57)23-29-16-7-6-8-17-29)50-41(58)36(49-38(54)26-45(2,3)4)24-30-27-48-33-20-12-10-18-31(30)33/h6-12,15-20,27,34-37,48H,13-14,21-26H2,1-5H3,(H2,46,57)(H,49,54)(H,50,58)(H,51,59)(H,55,56)(H2,47,52,61)/t34-,35-,36-,37-/m0/s1. The number of nitrogens with one attached hydrogen (secondary N) is 6. The Hall–Kier alpha value is -6.71. The number of amides is 7. The minimum atomic E-state index is -1.61. The van der Waals surface area contributed by atoms with Gasteiger partial charge in [0.15, 0.2) is 0 Å². The Labute approximate surface area is 355 Å². The Morgan fingerprint density at radius 3 is 2.11 bits per heavy atom. The molecule has 0 saturated carbocycles. The maximum Gasteiger partial charge on any atom is 0.319 e. The summed E-state index contributed by atoms with van der Waals surface area (Å²) in [5.74, 6) is -5.02. The molecule has 3 aromatic carbocycles. The number of anilines is 1. The van der Waals surface area contributed by atoms with Gasteiger partial charge in [0.1, 0.15) is 24.2 Å². The van der Waals surface area contributed by atoms with Gasteiger partial charge in [0.05, 0.1) is 6.42 Å². The van der Waals surface area contributed by atoms with Crippen molar-refractivity contribution >= 4 is 58.1 Å². The molecule has 0 spiro atoms. The number of rotatable bonds is 21. The van der Waals surface area contributed by atoms with Crippen molar-refractivity contribution in [2.24, 2.45) is 11.1 Å². The highest BCUT2D eigenvalue weighted by molar-refractivity contribution is 5.97. The molecule has 0 aliphatic rings. The van der Waals surface area contributed by atoms with Gasteiger partial charge in [-0.25, -0.2) is 4.79 Å². The molecular formula is C45H58N8O8. The number of aryl methyl sites for hydroxylation is 1. The van der Waals surface area contributed by atoms with Crippen LogP contribution in [0.2, 0.25) is 0 Å². The summed E-state index contributed by atoms with van der Waals surface area (Å²) in [6.07, 6.45) is 1.84. The normalized spacial score (nSPS) is 13.2. The number of carbonyl (C=O) groups is 7. The summed E-state index contributed by atoms with van der Waals surface area (Å²) >= 11 is 0. The molecule has 4 atom stereocenters. The lowest BCUT2D eigenvalue weighted by molar-refractivity contribution is -0.147. The number of hydrogen-bond donors (Lipinski definition) is 8. The summed E-state index contributed by atoms with van der Waals surface area (Å²) in [7, 11) is 1.25. The number of aromatic nitrogens is 1. The molecule has 61 heavy (non-hydrogen) atoms. The van der Waals surface area contributed by atoms with Crippen molar-refractivity contribution in [3.63, 3.8) is 0 Å².